The summed E-state index contributed by atoms with van der Waals surface area (Å²) in [6.07, 6.45) is 0. The predicted molar refractivity (Wildman–Crippen MR) is 55.8 cm³/mol. The molecule has 17 heavy (non-hydrogen) atoms. The van der Waals surface area contributed by atoms with Gasteiger partial charge in [0.25, 0.3) is 5.91 Å². The fourth-order valence-electron chi connectivity index (χ4n) is 1.05. The Kier molecular flexibility index (Phi) is 3.75. The highest BCUT2D eigenvalue weighted by Gasteiger charge is 2.26. The summed E-state index contributed by atoms with van der Waals surface area (Å²) in [4.78, 5) is 33.7. The second kappa shape index (κ2) is 5.05. The van der Waals surface area contributed by atoms with Gasteiger partial charge in [-0.2, -0.15) is 0 Å². The van der Waals surface area contributed by atoms with E-state index in [0.717, 1.165) is 0 Å². The van der Waals surface area contributed by atoms with Crippen LogP contribution in [0.25, 0.3) is 0 Å². The lowest BCUT2D eigenvalue weighted by atomic mass is 10.2. The van der Waals surface area contributed by atoms with Crippen molar-refractivity contribution < 1.29 is 19.5 Å². The highest BCUT2D eigenvalue weighted by Crippen LogP contribution is 2.16. The summed E-state index contributed by atoms with van der Waals surface area (Å²) in [6, 6.07) is 5.45. The number of phenolic OH excluding ortho intramolecular Hbond substituents is 1. The first-order chi connectivity index (χ1) is 7.99. The average Bonchev–Trinajstić information content (AvgIpc) is 2.35. The topological polar surface area (TPSA) is 139 Å². The molecule has 0 fully saturated rings. The number of para-hydroxylation sites is 1. The van der Waals surface area contributed by atoms with E-state index < -0.39 is 17.7 Å². The molecule has 8 nitrogen and oxygen atoms in total. The number of benzene rings is 1. The van der Waals surface area contributed by atoms with E-state index in [2.05, 4.69) is 0 Å². The summed E-state index contributed by atoms with van der Waals surface area (Å²) in [5.74, 6) is 5.92. The van der Waals surface area contributed by atoms with Crippen molar-refractivity contribution in [2.75, 3.05) is 0 Å². The van der Waals surface area contributed by atoms with Crippen molar-refractivity contribution >= 4 is 17.7 Å². The van der Waals surface area contributed by atoms with E-state index in [4.69, 9.17) is 11.7 Å². The molecule has 8 heteroatoms. The van der Waals surface area contributed by atoms with Crippen LogP contribution >= 0.6 is 0 Å². The Morgan fingerprint density at radius 1 is 1.24 bits per heavy atom. The van der Waals surface area contributed by atoms with E-state index in [-0.39, 0.29) is 16.3 Å². The first kappa shape index (κ1) is 12.6. The summed E-state index contributed by atoms with van der Waals surface area (Å²) < 4.78 is 0. The van der Waals surface area contributed by atoms with Crippen LogP contribution in [0.4, 0.5) is 0 Å². The molecule has 0 bridgehead atoms. The molecule has 1 aromatic rings. The lowest BCUT2D eigenvalue weighted by Gasteiger charge is -2.13. The molecule has 0 spiro atoms. The maximum Gasteiger partial charge on any atom is 0.334 e. The number of carbonyl (C=O) groups excluding carboxylic acids is 3. The van der Waals surface area contributed by atoms with Crippen molar-refractivity contribution in [2.45, 2.75) is 0 Å². The number of carbonyl (C=O) groups is 3. The zero-order chi connectivity index (χ0) is 13.0. The number of phenols is 1. The summed E-state index contributed by atoms with van der Waals surface area (Å²) in [5.41, 5.74) is 1.34. The highest BCUT2D eigenvalue weighted by molar-refractivity contribution is 6.38. The van der Waals surface area contributed by atoms with Crippen LogP contribution in [0.3, 0.4) is 0 Å². The summed E-state index contributed by atoms with van der Waals surface area (Å²) in [6.45, 7) is 0. The summed E-state index contributed by atoms with van der Waals surface area (Å²) in [5, 5.41) is 9.43. The molecular formula is C9H10N4O4. The Bertz CT molecular complexity index is 474. The van der Waals surface area contributed by atoms with E-state index >= 15 is 0 Å². The Labute approximate surface area is 95.7 Å². The van der Waals surface area contributed by atoms with Gasteiger partial charge in [0.1, 0.15) is 5.75 Å². The number of hydrogen-bond donors (Lipinski definition) is 4. The molecule has 1 aromatic carbocycles. The normalized spacial score (nSPS) is 9.53. The lowest BCUT2D eigenvalue weighted by molar-refractivity contribution is -0.144. The third-order valence-electron chi connectivity index (χ3n) is 1.90. The van der Waals surface area contributed by atoms with E-state index in [0.29, 0.717) is 0 Å². The van der Waals surface area contributed by atoms with Crippen molar-refractivity contribution in [2.24, 2.45) is 11.7 Å². The van der Waals surface area contributed by atoms with Crippen LogP contribution in [0.5, 0.6) is 5.75 Å². The monoisotopic (exact) mass is 238 g/mol. The minimum Gasteiger partial charge on any atom is -0.507 e. The van der Waals surface area contributed by atoms with Gasteiger partial charge in [-0.1, -0.05) is 12.1 Å². The van der Waals surface area contributed by atoms with Crippen LogP contribution < -0.4 is 17.1 Å². The lowest BCUT2D eigenvalue weighted by Crippen LogP contribution is -2.51. The van der Waals surface area contributed by atoms with Crippen LogP contribution in [-0.2, 0) is 9.59 Å². The largest absolute Gasteiger partial charge is 0.507 e. The van der Waals surface area contributed by atoms with Gasteiger partial charge in [0.15, 0.2) is 0 Å². The van der Waals surface area contributed by atoms with Crippen LogP contribution in [0, 0.1) is 0 Å². The molecule has 0 radical (unpaired) electrons. The third kappa shape index (κ3) is 2.56. The van der Waals surface area contributed by atoms with Crippen molar-refractivity contribution in [1.82, 2.24) is 10.4 Å². The third-order valence-corrected chi connectivity index (χ3v) is 1.90. The van der Waals surface area contributed by atoms with E-state index in [1.165, 1.54) is 24.3 Å². The van der Waals surface area contributed by atoms with Crippen molar-refractivity contribution in [3.8, 4) is 5.75 Å². The fourth-order valence-corrected chi connectivity index (χ4v) is 1.05. The van der Waals surface area contributed by atoms with Gasteiger partial charge in [-0.25, -0.2) is 16.7 Å². The van der Waals surface area contributed by atoms with Crippen molar-refractivity contribution in [3.05, 3.63) is 29.8 Å². The number of imide groups is 1. The Morgan fingerprint density at radius 3 is 2.35 bits per heavy atom. The first-order valence-corrected chi connectivity index (χ1v) is 4.41. The molecule has 0 atom stereocenters. The Hall–Kier alpha value is -2.45. The van der Waals surface area contributed by atoms with Crippen LogP contribution in [0.15, 0.2) is 24.3 Å². The van der Waals surface area contributed by atoms with Crippen LogP contribution in [0.1, 0.15) is 10.4 Å². The molecule has 1 rings (SSSR count). The second-order valence-corrected chi connectivity index (χ2v) is 2.97. The number of hydrazine groups is 2. The van der Waals surface area contributed by atoms with Gasteiger partial charge >= 0.3 is 11.8 Å². The SMILES string of the molecule is NNC(=O)C(=O)N(N)C(=O)c1ccccc1O. The zero-order valence-electron chi connectivity index (χ0n) is 8.58. The predicted octanol–water partition coefficient (Wildman–Crippen LogP) is -1.78. The molecule has 0 aromatic heterocycles. The molecule has 0 aliphatic rings. The van der Waals surface area contributed by atoms with Gasteiger partial charge in [-0.05, 0) is 12.1 Å². The first-order valence-electron chi connectivity index (χ1n) is 4.41. The Balaban J connectivity index is 2.95. The van der Waals surface area contributed by atoms with Crippen molar-refractivity contribution in [3.63, 3.8) is 0 Å². The molecule has 0 saturated carbocycles. The minimum atomic E-state index is -1.33. The van der Waals surface area contributed by atoms with Crippen molar-refractivity contribution in [1.29, 1.82) is 0 Å². The van der Waals surface area contributed by atoms with Gasteiger partial charge in [0.05, 0.1) is 5.56 Å². The minimum absolute atomic E-state index is 0.0667. The molecular weight excluding hydrogens is 228 g/mol. The highest BCUT2D eigenvalue weighted by atomic mass is 16.3. The maximum atomic E-state index is 11.6. The number of nitrogens with zero attached hydrogens (tertiary/aromatic N) is 1. The molecule has 90 valence electrons. The number of nitrogens with two attached hydrogens (primary N) is 2. The number of amides is 3. The molecule has 0 aliphatic heterocycles. The Morgan fingerprint density at radius 2 is 1.82 bits per heavy atom. The number of aromatic hydroxyl groups is 1. The van der Waals surface area contributed by atoms with Gasteiger partial charge in [0.2, 0.25) is 0 Å². The smallest absolute Gasteiger partial charge is 0.334 e. The number of nitrogens with one attached hydrogen (secondary N) is 1. The van der Waals surface area contributed by atoms with E-state index in [1.54, 1.807) is 5.43 Å². The van der Waals surface area contributed by atoms with E-state index in [9.17, 15) is 19.5 Å². The molecule has 0 heterocycles. The van der Waals surface area contributed by atoms with Gasteiger partial charge in [-0.15, -0.1) is 0 Å². The zero-order valence-corrected chi connectivity index (χ0v) is 8.58. The van der Waals surface area contributed by atoms with Gasteiger partial charge in [0, 0.05) is 0 Å². The summed E-state index contributed by atoms with van der Waals surface area (Å²) in [7, 11) is 0. The standard InChI is InChI=1S/C9H10N4O4/c10-12-7(15)9(17)13(11)8(16)5-3-1-2-4-6(5)14/h1-4,14H,10-11H2,(H,12,15). The fraction of sp³-hybridized carbons (Fsp3) is 0. The van der Waals surface area contributed by atoms with E-state index in [1.807, 2.05) is 0 Å². The molecule has 0 saturated heterocycles. The number of hydrogen-bond acceptors (Lipinski definition) is 6. The van der Waals surface area contributed by atoms with Gasteiger partial charge in [-0.3, -0.25) is 19.8 Å². The number of rotatable bonds is 1. The van der Waals surface area contributed by atoms with Crippen LogP contribution in [0.2, 0.25) is 0 Å². The van der Waals surface area contributed by atoms with Gasteiger partial charge < -0.3 is 5.11 Å². The average molecular weight is 238 g/mol. The second-order valence-electron chi connectivity index (χ2n) is 2.97. The molecule has 6 N–H and O–H groups in total. The maximum absolute atomic E-state index is 11.6. The molecule has 0 aliphatic carbocycles. The molecule has 3 amide bonds. The quantitative estimate of drug-likeness (QED) is 0.197. The molecule has 0 unspecified atom stereocenters. The van der Waals surface area contributed by atoms with Crippen LogP contribution in [-0.4, -0.2) is 27.8 Å². The summed E-state index contributed by atoms with van der Waals surface area (Å²) >= 11 is 0.